The average molecular weight is 557 g/mol. The molecule has 204 valence electrons. The van der Waals surface area contributed by atoms with Crippen molar-refractivity contribution in [1.82, 2.24) is 0 Å². The lowest BCUT2D eigenvalue weighted by molar-refractivity contribution is 1.63. The number of hydrogen-bond donors (Lipinski definition) is 0. The van der Waals surface area contributed by atoms with Gasteiger partial charge in [-0.2, -0.15) is 0 Å². The molecule has 0 heteroatoms. The summed E-state index contributed by atoms with van der Waals surface area (Å²) in [6.07, 6.45) is 0. The summed E-state index contributed by atoms with van der Waals surface area (Å²) in [6, 6.07) is 62.4. The fourth-order valence-electron chi connectivity index (χ4n) is 7.21. The van der Waals surface area contributed by atoms with Gasteiger partial charge in [0.15, 0.2) is 0 Å². The molecular formula is C44H28. The van der Waals surface area contributed by atoms with Gasteiger partial charge in [0, 0.05) is 0 Å². The zero-order valence-electron chi connectivity index (χ0n) is 24.2. The third kappa shape index (κ3) is 3.85. The topological polar surface area (TPSA) is 0 Å². The molecule has 9 aromatic carbocycles. The van der Waals surface area contributed by atoms with Gasteiger partial charge in [-0.05, 0) is 112 Å². The molecular weight excluding hydrogens is 528 g/mol. The quantitative estimate of drug-likeness (QED) is 0.190. The maximum absolute atomic E-state index is 2.44. The summed E-state index contributed by atoms with van der Waals surface area (Å²) in [5, 5.41) is 12.7. The van der Waals surface area contributed by atoms with Crippen LogP contribution in [-0.4, -0.2) is 0 Å². The van der Waals surface area contributed by atoms with Crippen molar-refractivity contribution in [2.24, 2.45) is 0 Å². The molecule has 0 spiro atoms. The maximum Gasteiger partial charge on any atom is -0.00259 e. The zero-order valence-corrected chi connectivity index (χ0v) is 24.2. The van der Waals surface area contributed by atoms with E-state index in [1.807, 2.05) is 0 Å². The van der Waals surface area contributed by atoms with Crippen LogP contribution in [0.5, 0.6) is 0 Å². The molecule has 0 amide bonds. The predicted octanol–water partition coefficient (Wildman–Crippen LogP) is 12.5. The van der Waals surface area contributed by atoms with Crippen LogP contribution in [0.3, 0.4) is 0 Å². The fraction of sp³-hybridized carbons (Fsp3) is 0. The van der Waals surface area contributed by atoms with Crippen LogP contribution in [0.1, 0.15) is 0 Å². The van der Waals surface area contributed by atoms with Gasteiger partial charge in [-0.15, -0.1) is 0 Å². The highest BCUT2D eigenvalue weighted by molar-refractivity contribution is 6.27. The molecule has 0 bridgehead atoms. The lowest BCUT2D eigenvalue weighted by Crippen LogP contribution is -1.92. The molecule has 0 fully saturated rings. The molecule has 9 aromatic rings. The largest absolute Gasteiger partial charge is 0.0622 e. The maximum atomic E-state index is 2.44. The van der Waals surface area contributed by atoms with Crippen LogP contribution in [-0.2, 0) is 0 Å². The summed E-state index contributed by atoms with van der Waals surface area (Å²) in [7, 11) is 0. The van der Waals surface area contributed by atoms with E-state index >= 15 is 0 Å². The van der Waals surface area contributed by atoms with Gasteiger partial charge in [0.2, 0.25) is 0 Å². The third-order valence-electron chi connectivity index (χ3n) is 9.20. The molecule has 0 radical (unpaired) electrons. The van der Waals surface area contributed by atoms with E-state index in [4.69, 9.17) is 0 Å². The summed E-state index contributed by atoms with van der Waals surface area (Å²) in [4.78, 5) is 0. The van der Waals surface area contributed by atoms with E-state index in [-0.39, 0.29) is 0 Å². The molecule has 0 heterocycles. The molecule has 0 atom stereocenters. The molecule has 9 rings (SSSR count). The summed E-state index contributed by atoms with van der Waals surface area (Å²) < 4.78 is 0. The lowest BCUT2D eigenvalue weighted by Gasteiger charge is -2.19. The van der Waals surface area contributed by atoms with Crippen LogP contribution in [0.4, 0.5) is 0 Å². The molecule has 0 nitrogen and oxygen atoms in total. The van der Waals surface area contributed by atoms with Crippen LogP contribution in [0.25, 0.3) is 87.2 Å². The Bertz CT molecular complexity index is 2530. The van der Waals surface area contributed by atoms with Gasteiger partial charge in [0.25, 0.3) is 0 Å². The van der Waals surface area contributed by atoms with Crippen molar-refractivity contribution in [3.63, 3.8) is 0 Å². The Morgan fingerprint density at radius 1 is 0.227 bits per heavy atom. The first-order chi connectivity index (χ1) is 21.8. The van der Waals surface area contributed by atoms with Gasteiger partial charge in [-0.3, -0.25) is 0 Å². The minimum Gasteiger partial charge on any atom is -0.0622 e. The van der Waals surface area contributed by atoms with Crippen molar-refractivity contribution < 1.29 is 0 Å². The Balaban J connectivity index is 1.43. The highest BCUT2D eigenvalue weighted by Crippen LogP contribution is 2.45. The Hall–Kier alpha value is -5.72. The second-order valence-electron chi connectivity index (χ2n) is 11.7. The summed E-state index contributed by atoms with van der Waals surface area (Å²) in [6.45, 7) is 0. The van der Waals surface area contributed by atoms with Crippen molar-refractivity contribution in [3.8, 4) is 33.4 Å². The third-order valence-corrected chi connectivity index (χ3v) is 9.20. The van der Waals surface area contributed by atoms with E-state index in [9.17, 15) is 0 Å². The number of rotatable bonds is 3. The number of hydrogen-bond acceptors (Lipinski definition) is 0. The second kappa shape index (κ2) is 9.93. The summed E-state index contributed by atoms with van der Waals surface area (Å²) in [5.41, 5.74) is 7.54. The molecule has 0 N–H and O–H groups in total. The molecule has 0 aliphatic carbocycles. The summed E-state index contributed by atoms with van der Waals surface area (Å²) in [5.74, 6) is 0. The number of benzene rings is 9. The minimum absolute atomic E-state index is 1.23. The van der Waals surface area contributed by atoms with Crippen LogP contribution in [0.2, 0.25) is 0 Å². The van der Waals surface area contributed by atoms with Crippen molar-refractivity contribution >= 4 is 53.9 Å². The first-order valence-electron chi connectivity index (χ1n) is 15.3. The zero-order chi connectivity index (χ0) is 29.0. The van der Waals surface area contributed by atoms with Crippen molar-refractivity contribution in [2.45, 2.75) is 0 Å². The normalized spacial score (nSPS) is 11.6. The molecule has 0 aliphatic heterocycles. The monoisotopic (exact) mass is 556 g/mol. The predicted molar refractivity (Wildman–Crippen MR) is 190 cm³/mol. The molecule has 0 saturated carbocycles. The van der Waals surface area contributed by atoms with Gasteiger partial charge in [-0.1, -0.05) is 146 Å². The van der Waals surface area contributed by atoms with Crippen molar-refractivity contribution in [1.29, 1.82) is 0 Å². The Morgan fingerprint density at radius 3 is 1.34 bits per heavy atom. The van der Waals surface area contributed by atoms with Crippen LogP contribution in [0.15, 0.2) is 170 Å². The summed E-state index contributed by atoms with van der Waals surface area (Å²) >= 11 is 0. The van der Waals surface area contributed by atoms with E-state index in [2.05, 4.69) is 170 Å². The standard InChI is InChI=1S/C44H28/c1-2-13-30(14-3-1)40-25-31-16-4-5-17-32(31)26-43(40)42-28-33-27-41(35-24-12-18-29-15-6-7-19-34(29)35)36-20-8-10-22-38(36)44(33)39-23-11-9-21-37(39)42/h1-28H. The second-order valence-corrected chi connectivity index (χ2v) is 11.7. The lowest BCUT2D eigenvalue weighted by atomic mass is 9.84. The molecule has 0 aromatic heterocycles. The molecule has 0 unspecified atom stereocenters. The van der Waals surface area contributed by atoms with E-state index < -0.39 is 0 Å². The first kappa shape index (κ1) is 24.8. The Labute approximate surface area is 256 Å². The van der Waals surface area contributed by atoms with Crippen molar-refractivity contribution in [3.05, 3.63) is 170 Å². The van der Waals surface area contributed by atoms with E-state index in [1.54, 1.807) is 0 Å². The SMILES string of the molecule is c1ccc(-c2cc3ccccc3cc2-c2cc3cc(-c4cccc5ccccc45)c4ccccc4c3c3ccccc23)cc1. The van der Waals surface area contributed by atoms with Crippen molar-refractivity contribution in [2.75, 3.05) is 0 Å². The molecule has 0 saturated heterocycles. The molecule has 44 heavy (non-hydrogen) atoms. The molecule has 0 aliphatic rings. The fourth-order valence-corrected chi connectivity index (χ4v) is 7.21. The first-order valence-corrected chi connectivity index (χ1v) is 15.3. The van der Waals surface area contributed by atoms with Gasteiger partial charge < -0.3 is 0 Å². The number of fused-ring (bicyclic) bond motifs is 7. The van der Waals surface area contributed by atoms with Crippen LogP contribution < -0.4 is 0 Å². The van der Waals surface area contributed by atoms with Crippen LogP contribution in [0, 0.1) is 0 Å². The highest BCUT2D eigenvalue weighted by atomic mass is 14.2. The van der Waals surface area contributed by atoms with E-state index in [1.165, 1.54) is 87.2 Å². The smallest absolute Gasteiger partial charge is 0.00259 e. The van der Waals surface area contributed by atoms with Gasteiger partial charge >= 0.3 is 0 Å². The van der Waals surface area contributed by atoms with E-state index in [0.29, 0.717) is 0 Å². The Kier molecular flexibility index (Phi) is 5.61. The van der Waals surface area contributed by atoms with Crippen LogP contribution >= 0.6 is 0 Å². The average Bonchev–Trinajstić information content (AvgIpc) is 3.10. The van der Waals surface area contributed by atoms with E-state index in [0.717, 1.165) is 0 Å². The minimum atomic E-state index is 1.23. The Morgan fingerprint density at radius 2 is 0.682 bits per heavy atom. The van der Waals surface area contributed by atoms with Gasteiger partial charge in [0.05, 0.1) is 0 Å². The van der Waals surface area contributed by atoms with Gasteiger partial charge in [0.1, 0.15) is 0 Å². The highest BCUT2D eigenvalue weighted by Gasteiger charge is 2.18. The van der Waals surface area contributed by atoms with Gasteiger partial charge in [-0.25, -0.2) is 0 Å².